The monoisotopic (exact) mass is 273 g/mol. The molecule has 1 saturated carbocycles. The first-order valence-electron chi connectivity index (χ1n) is 6.23. The van der Waals surface area contributed by atoms with Crippen LogP contribution in [-0.2, 0) is 6.54 Å². The topological polar surface area (TPSA) is 28.2 Å². The molecule has 2 aliphatic rings. The largest absolute Gasteiger partial charge is 0.307 e. The van der Waals surface area contributed by atoms with E-state index in [1.807, 2.05) is 5.51 Å². The highest BCUT2D eigenvalue weighted by Crippen LogP contribution is 2.30. The molecule has 5 heteroatoms. The number of thiazole rings is 1. The van der Waals surface area contributed by atoms with E-state index < -0.39 is 0 Å². The average Bonchev–Trinajstić information content (AvgIpc) is 2.81. The van der Waals surface area contributed by atoms with E-state index in [4.69, 9.17) is 0 Å². The Balaban J connectivity index is 0.00000108. The van der Waals surface area contributed by atoms with Gasteiger partial charge in [-0.1, -0.05) is 0 Å². The number of aromatic nitrogens is 1. The van der Waals surface area contributed by atoms with Crippen LogP contribution in [-0.4, -0.2) is 35.6 Å². The van der Waals surface area contributed by atoms with Crippen molar-refractivity contribution in [1.82, 2.24) is 15.2 Å². The van der Waals surface area contributed by atoms with Crippen molar-refractivity contribution in [2.75, 3.05) is 19.6 Å². The molecule has 0 radical (unpaired) electrons. The van der Waals surface area contributed by atoms with Gasteiger partial charge in [-0.3, -0.25) is 0 Å². The van der Waals surface area contributed by atoms with Crippen LogP contribution >= 0.6 is 23.7 Å². The maximum absolute atomic E-state index is 4.30. The van der Waals surface area contributed by atoms with Gasteiger partial charge in [-0.15, -0.1) is 23.7 Å². The third-order valence-corrected chi connectivity index (χ3v) is 4.18. The Morgan fingerprint density at radius 2 is 2.29 bits per heavy atom. The molecule has 2 heterocycles. The van der Waals surface area contributed by atoms with E-state index in [0.717, 1.165) is 12.5 Å². The number of hydrogen-bond acceptors (Lipinski definition) is 4. The summed E-state index contributed by atoms with van der Waals surface area (Å²) in [4.78, 5) is 6.92. The zero-order valence-corrected chi connectivity index (χ0v) is 11.6. The molecule has 3 rings (SSSR count). The van der Waals surface area contributed by atoms with Crippen molar-refractivity contribution in [3.05, 3.63) is 16.6 Å². The zero-order chi connectivity index (χ0) is 10.8. The molecule has 1 atom stereocenters. The molecule has 3 nitrogen and oxygen atoms in total. The first kappa shape index (κ1) is 13.3. The lowest BCUT2D eigenvalue weighted by atomic mass is 10.2. The summed E-state index contributed by atoms with van der Waals surface area (Å²) in [7, 11) is 0. The van der Waals surface area contributed by atoms with Gasteiger partial charge in [0.25, 0.3) is 0 Å². The molecule has 1 aliphatic heterocycles. The number of nitrogens with zero attached hydrogens (tertiary/aromatic N) is 2. The molecule has 0 spiro atoms. The Morgan fingerprint density at radius 3 is 3.00 bits per heavy atom. The molecule has 1 aliphatic carbocycles. The third kappa shape index (κ3) is 3.91. The Kier molecular flexibility index (Phi) is 4.79. The van der Waals surface area contributed by atoms with Crippen molar-refractivity contribution in [2.24, 2.45) is 5.92 Å². The summed E-state index contributed by atoms with van der Waals surface area (Å²) in [6.07, 6.45) is 4.23. The predicted molar refractivity (Wildman–Crippen MR) is 73.8 cm³/mol. The second-order valence-electron chi connectivity index (χ2n) is 5.05. The van der Waals surface area contributed by atoms with Crippen LogP contribution in [0.2, 0.25) is 0 Å². The van der Waals surface area contributed by atoms with Crippen LogP contribution < -0.4 is 5.32 Å². The number of nitrogens with one attached hydrogen (secondary N) is 1. The number of likely N-dealkylation sites (tertiary alicyclic amines) is 1. The smallest absolute Gasteiger partial charge is 0.0795 e. The van der Waals surface area contributed by atoms with Crippen LogP contribution in [0.25, 0.3) is 0 Å². The van der Waals surface area contributed by atoms with E-state index in [0.29, 0.717) is 6.04 Å². The summed E-state index contributed by atoms with van der Waals surface area (Å²) < 4.78 is 0. The molecule has 1 aromatic heterocycles. The van der Waals surface area contributed by atoms with Gasteiger partial charge in [0.2, 0.25) is 0 Å². The van der Waals surface area contributed by atoms with Crippen LogP contribution in [0.15, 0.2) is 10.9 Å². The van der Waals surface area contributed by atoms with Gasteiger partial charge in [0.05, 0.1) is 11.2 Å². The van der Waals surface area contributed by atoms with Gasteiger partial charge in [0.1, 0.15) is 0 Å². The van der Waals surface area contributed by atoms with Crippen molar-refractivity contribution in [3.63, 3.8) is 0 Å². The van der Waals surface area contributed by atoms with Gasteiger partial charge >= 0.3 is 0 Å². The van der Waals surface area contributed by atoms with Crippen LogP contribution in [0.4, 0.5) is 0 Å². The van der Waals surface area contributed by atoms with Crippen molar-refractivity contribution in [2.45, 2.75) is 31.8 Å². The molecule has 1 saturated heterocycles. The Bertz CT molecular complexity index is 327. The molecule has 1 aromatic rings. The highest BCUT2D eigenvalue weighted by Gasteiger charge is 2.28. The number of halogens is 1. The normalized spacial score (nSPS) is 24.8. The highest BCUT2D eigenvalue weighted by molar-refractivity contribution is 7.07. The van der Waals surface area contributed by atoms with E-state index in [2.05, 4.69) is 20.6 Å². The molecule has 0 bridgehead atoms. The van der Waals surface area contributed by atoms with Gasteiger partial charge in [0, 0.05) is 31.1 Å². The number of hydrogen-bond donors (Lipinski definition) is 1. The Hall–Kier alpha value is -0.160. The van der Waals surface area contributed by atoms with E-state index in [1.165, 1.54) is 44.6 Å². The lowest BCUT2D eigenvalue weighted by Crippen LogP contribution is -2.32. The van der Waals surface area contributed by atoms with Gasteiger partial charge in [-0.05, 0) is 31.7 Å². The summed E-state index contributed by atoms with van der Waals surface area (Å²) in [5, 5.41) is 5.74. The molecule has 96 valence electrons. The van der Waals surface area contributed by atoms with Crippen LogP contribution in [0.3, 0.4) is 0 Å². The van der Waals surface area contributed by atoms with E-state index in [1.54, 1.807) is 11.3 Å². The molecular formula is C12H20ClN3S. The predicted octanol–water partition coefficient (Wildman–Crippen LogP) is 2.14. The summed E-state index contributed by atoms with van der Waals surface area (Å²) in [5.41, 5.74) is 3.09. The third-order valence-electron chi connectivity index (χ3n) is 3.54. The number of rotatable bonds is 5. The zero-order valence-electron chi connectivity index (χ0n) is 9.97. The van der Waals surface area contributed by atoms with Crippen LogP contribution in [0.5, 0.6) is 0 Å². The summed E-state index contributed by atoms with van der Waals surface area (Å²) in [5.74, 6) is 1.03. The lowest BCUT2D eigenvalue weighted by molar-refractivity contribution is 0.314. The summed E-state index contributed by atoms with van der Waals surface area (Å²) in [6.45, 7) is 4.80. The maximum atomic E-state index is 4.30. The van der Waals surface area contributed by atoms with Crippen molar-refractivity contribution >= 4 is 23.7 Å². The molecule has 17 heavy (non-hydrogen) atoms. The minimum absolute atomic E-state index is 0. The van der Waals surface area contributed by atoms with E-state index >= 15 is 0 Å². The van der Waals surface area contributed by atoms with Crippen LogP contribution in [0.1, 0.15) is 25.0 Å². The fourth-order valence-corrected chi connectivity index (χ4v) is 2.96. The minimum Gasteiger partial charge on any atom is -0.307 e. The SMILES string of the molecule is Cl.c1nc(CNC2CCN(CC3CC3)C2)cs1. The molecular weight excluding hydrogens is 254 g/mol. The molecule has 1 unspecified atom stereocenters. The summed E-state index contributed by atoms with van der Waals surface area (Å²) in [6, 6.07) is 0.681. The lowest BCUT2D eigenvalue weighted by Gasteiger charge is -2.15. The molecule has 1 N–H and O–H groups in total. The quantitative estimate of drug-likeness (QED) is 0.891. The second kappa shape index (κ2) is 6.14. The van der Waals surface area contributed by atoms with E-state index in [-0.39, 0.29) is 12.4 Å². The standard InChI is InChI=1S/C12H19N3S.ClH/c1-2-10(1)6-15-4-3-11(7-15)13-5-12-8-16-9-14-12;/h8-11,13H,1-7H2;1H. The second-order valence-corrected chi connectivity index (χ2v) is 5.77. The first-order chi connectivity index (χ1) is 7.90. The molecule has 0 amide bonds. The Morgan fingerprint density at radius 1 is 1.41 bits per heavy atom. The Labute approximate surface area is 113 Å². The molecule has 0 aromatic carbocycles. The van der Waals surface area contributed by atoms with Gasteiger partial charge in [-0.25, -0.2) is 4.98 Å². The fourth-order valence-electron chi connectivity index (χ4n) is 2.40. The van der Waals surface area contributed by atoms with Crippen LogP contribution in [0, 0.1) is 5.92 Å². The van der Waals surface area contributed by atoms with Crippen molar-refractivity contribution in [1.29, 1.82) is 0 Å². The van der Waals surface area contributed by atoms with Gasteiger partial charge < -0.3 is 10.2 Å². The van der Waals surface area contributed by atoms with Gasteiger partial charge in [-0.2, -0.15) is 0 Å². The summed E-state index contributed by atoms with van der Waals surface area (Å²) >= 11 is 1.68. The fraction of sp³-hybridized carbons (Fsp3) is 0.750. The first-order valence-corrected chi connectivity index (χ1v) is 7.17. The van der Waals surface area contributed by atoms with Crippen molar-refractivity contribution in [3.8, 4) is 0 Å². The minimum atomic E-state index is 0. The average molecular weight is 274 g/mol. The molecule has 2 fully saturated rings. The highest BCUT2D eigenvalue weighted by atomic mass is 35.5. The van der Waals surface area contributed by atoms with Gasteiger partial charge in [0.15, 0.2) is 0 Å². The van der Waals surface area contributed by atoms with Crippen molar-refractivity contribution < 1.29 is 0 Å². The maximum Gasteiger partial charge on any atom is 0.0795 e. The van der Waals surface area contributed by atoms with E-state index in [9.17, 15) is 0 Å².